The minimum atomic E-state index is -0.946. The van der Waals surface area contributed by atoms with E-state index in [-0.39, 0.29) is 71.1 Å². The van der Waals surface area contributed by atoms with Crippen molar-refractivity contribution >= 4 is 46.9 Å². The summed E-state index contributed by atoms with van der Waals surface area (Å²) in [6.45, 7) is -1.07. The van der Waals surface area contributed by atoms with Crippen LogP contribution in [0.5, 0.6) is 11.5 Å². The maximum atomic E-state index is 12.7. The molecule has 0 saturated heterocycles. The number of amides is 4. The number of ether oxygens (including phenoxy) is 2. The number of esters is 2. The van der Waals surface area contributed by atoms with Gasteiger partial charge in [0.1, 0.15) is 35.8 Å². The predicted molar refractivity (Wildman–Crippen MR) is 163 cm³/mol. The molecular weight excluding hydrogens is 624 g/mol. The molecule has 0 saturated carbocycles. The van der Waals surface area contributed by atoms with Gasteiger partial charge in [-0.1, -0.05) is 23.6 Å². The summed E-state index contributed by atoms with van der Waals surface area (Å²) in [5.41, 5.74) is 5.84. The third kappa shape index (κ3) is 5.90. The number of phenolic OH excluding ortho intramolecular Hbond substituents is 2. The summed E-state index contributed by atoms with van der Waals surface area (Å²) < 4.78 is 10.4. The monoisotopic (exact) mass is 646 g/mol. The number of phenols is 2. The molecule has 2 N–H and O–H groups in total. The molecule has 0 fully saturated rings. The van der Waals surface area contributed by atoms with Gasteiger partial charge in [0.2, 0.25) is 0 Å². The van der Waals surface area contributed by atoms with Crippen LogP contribution < -0.4 is 0 Å². The molecule has 0 bridgehead atoms. The Hall–Kier alpha value is -6.88. The summed E-state index contributed by atoms with van der Waals surface area (Å²) in [5, 5.41) is 28.5. The Morgan fingerprint density at radius 2 is 1.04 bits per heavy atom. The summed E-state index contributed by atoms with van der Waals surface area (Å²) >= 11 is 0. The molecule has 0 radical (unpaired) electrons. The molecule has 14 nitrogen and oxygen atoms in total. The smallest absolute Gasteiger partial charge is 0.342 e. The van der Waals surface area contributed by atoms with E-state index < -0.39 is 47.1 Å². The molecule has 14 heteroatoms. The lowest BCUT2D eigenvalue weighted by molar-refractivity contribution is -0.138. The van der Waals surface area contributed by atoms with Gasteiger partial charge in [-0.3, -0.25) is 29.0 Å². The van der Waals surface area contributed by atoms with Gasteiger partial charge >= 0.3 is 11.9 Å². The molecule has 0 spiro atoms. The highest BCUT2D eigenvalue weighted by Crippen LogP contribution is 2.29. The fourth-order valence-corrected chi connectivity index (χ4v) is 5.00. The SMILES string of the molecule is O=C(OCCN1C(=O)C2=C(C=C=C=C2)C1=O)c1cc(N=Nc2ccc(O)c(C(=O)OCCN3C(=O)c4ccccc4C3=O)c2)ccc1O. The van der Waals surface area contributed by atoms with E-state index in [0.29, 0.717) is 0 Å². The molecule has 3 aromatic rings. The third-order valence-corrected chi connectivity index (χ3v) is 7.41. The standard InChI is InChI=1S/C34H22N4O10/c39-27-11-9-19(17-25(27)33(45)47-15-13-37-29(41)21-5-1-2-6-22(21)30(37)42)35-36-20-10-12-28(40)26(18-20)34(46)48-16-14-38-31(43)23-7-3-4-8-24(23)32(38)44/h1-2,5-12,17-18,39-40H,13-16H2. The highest BCUT2D eigenvalue weighted by atomic mass is 16.5. The Bertz CT molecular complexity index is 2050. The van der Waals surface area contributed by atoms with Gasteiger partial charge in [0.05, 0.1) is 46.7 Å². The molecule has 2 heterocycles. The van der Waals surface area contributed by atoms with Crippen LogP contribution in [0.3, 0.4) is 0 Å². The van der Waals surface area contributed by atoms with Gasteiger partial charge in [0.15, 0.2) is 0 Å². The summed E-state index contributed by atoms with van der Waals surface area (Å²) in [7, 11) is 0. The Morgan fingerprint density at radius 3 is 1.48 bits per heavy atom. The molecule has 3 aliphatic rings. The van der Waals surface area contributed by atoms with Crippen molar-refractivity contribution in [3.8, 4) is 11.5 Å². The van der Waals surface area contributed by atoms with Gasteiger partial charge < -0.3 is 19.7 Å². The number of nitrogens with zero attached hydrogens (tertiary/aromatic N) is 4. The van der Waals surface area contributed by atoms with Crippen LogP contribution in [0.4, 0.5) is 11.4 Å². The minimum Gasteiger partial charge on any atom is -0.507 e. The molecule has 48 heavy (non-hydrogen) atoms. The number of carbonyl (C=O) groups excluding carboxylic acids is 6. The van der Waals surface area contributed by atoms with Gasteiger partial charge in [-0.25, -0.2) is 9.59 Å². The summed E-state index contributed by atoms with van der Waals surface area (Å²) in [5.74, 6) is -4.80. The second kappa shape index (κ2) is 12.9. The first kappa shape index (κ1) is 31.1. The second-order valence-corrected chi connectivity index (χ2v) is 10.3. The molecule has 4 amide bonds. The fraction of sp³-hybridized carbons (Fsp3) is 0.118. The molecule has 0 aromatic heterocycles. The first-order valence-corrected chi connectivity index (χ1v) is 14.3. The second-order valence-electron chi connectivity index (χ2n) is 10.3. The number of hydrogen-bond acceptors (Lipinski definition) is 12. The van der Waals surface area contributed by atoms with E-state index in [4.69, 9.17) is 9.47 Å². The average Bonchev–Trinajstić information content (AvgIpc) is 3.48. The van der Waals surface area contributed by atoms with Crippen LogP contribution in [0.1, 0.15) is 41.4 Å². The van der Waals surface area contributed by atoms with Crippen molar-refractivity contribution in [2.75, 3.05) is 26.3 Å². The van der Waals surface area contributed by atoms with Crippen LogP contribution in [0.25, 0.3) is 0 Å². The number of azo groups is 1. The van der Waals surface area contributed by atoms with E-state index in [1.54, 1.807) is 12.1 Å². The topological polar surface area (TPSA) is 193 Å². The van der Waals surface area contributed by atoms with Crippen LogP contribution >= 0.6 is 0 Å². The number of imide groups is 2. The van der Waals surface area contributed by atoms with Crippen LogP contribution in [0, 0.1) is 0 Å². The lowest BCUT2D eigenvalue weighted by Crippen LogP contribution is -2.35. The van der Waals surface area contributed by atoms with E-state index in [2.05, 4.69) is 21.7 Å². The van der Waals surface area contributed by atoms with Gasteiger partial charge in [-0.15, -0.1) is 0 Å². The largest absolute Gasteiger partial charge is 0.507 e. The van der Waals surface area contributed by atoms with E-state index in [9.17, 15) is 39.0 Å². The van der Waals surface area contributed by atoms with Crippen molar-refractivity contribution in [1.29, 1.82) is 0 Å². The molecule has 0 unspecified atom stereocenters. The maximum Gasteiger partial charge on any atom is 0.342 e. The number of carbonyl (C=O) groups is 6. The van der Waals surface area contributed by atoms with Crippen LogP contribution in [0.2, 0.25) is 0 Å². The number of aromatic hydroxyl groups is 2. The highest BCUT2D eigenvalue weighted by Gasteiger charge is 2.37. The van der Waals surface area contributed by atoms with E-state index in [0.717, 1.165) is 9.80 Å². The Labute approximate surface area is 270 Å². The molecule has 238 valence electrons. The molecule has 1 aliphatic carbocycles. The van der Waals surface area contributed by atoms with E-state index >= 15 is 0 Å². The van der Waals surface area contributed by atoms with Gasteiger partial charge in [0.25, 0.3) is 23.6 Å². The van der Waals surface area contributed by atoms with Gasteiger partial charge in [-0.2, -0.15) is 10.2 Å². The third-order valence-electron chi connectivity index (χ3n) is 7.41. The molecule has 6 rings (SSSR count). The normalized spacial score (nSPS) is 14.8. The number of rotatable bonds is 10. The average molecular weight is 647 g/mol. The molecular formula is C34H22N4O10. The molecule has 3 aromatic carbocycles. The highest BCUT2D eigenvalue weighted by molar-refractivity contribution is 6.22. The van der Waals surface area contributed by atoms with Crippen LogP contribution in [-0.2, 0) is 19.1 Å². The summed E-state index contributed by atoms with van der Waals surface area (Å²) in [6, 6.07) is 13.9. The fourth-order valence-electron chi connectivity index (χ4n) is 5.00. The molecule has 2 aliphatic heterocycles. The summed E-state index contributed by atoms with van der Waals surface area (Å²) in [4.78, 5) is 77.3. The maximum absolute atomic E-state index is 12.7. The number of fused-ring (bicyclic) bond motifs is 1. The van der Waals surface area contributed by atoms with Crippen molar-refractivity contribution in [2.24, 2.45) is 10.2 Å². The van der Waals surface area contributed by atoms with Crippen molar-refractivity contribution in [2.45, 2.75) is 0 Å². The number of benzene rings is 3. The Kier molecular flexibility index (Phi) is 8.33. The van der Waals surface area contributed by atoms with Crippen molar-refractivity contribution in [1.82, 2.24) is 9.80 Å². The van der Waals surface area contributed by atoms with Crippen LogP contribution in [-0.4, -0.2) is 81.9 Å². The first-order valence-electron chi connectivity index (χ1n) is 14.3. The lowest BCUT2D eigenvalue weighted by atomic mass is 10.1. The van der Waals surface area contributed by atoms with Gasteiger partial charge in [-0.05, 0) is 48.5 Å². The Morgan fingerprint density at radius 1 is 0.625 bits per heavy atom. The zero-order chi connectivity index (χ0) is 33.9. The van der Waals surface area contributed by atoms with Gasteiger partial charge in [0, 0.05) is 12.2 Å². The zero-order valence-corrected chi connectivity index (χ0v) is 24.7. The number of hydrogen-bond donors (Lipinski definition) is 2. The zero-order valence-electron chi connectivity index (χ0n) is 24.7. The quantitative estimate of drug-likeness (QED) is 0.142. The van der Waals surface area contributed by atoms with Crippen molar-refractivity contribution in [3.63, 3.8) is 0 Å². The van der Waals surface area contributed by atoms with E-state index in [1.807, 2.05) is 0 Å². The Balaban J connectivity index is 1.05. The summed E-state index contributed by atoms with van der Waals surface area (Å²) in [6.07, 6.45) is 2.71. The van der Waals surface area contributed by atoms with E-state index in [1.165, 1.54) is 60.7 Å². The first-order chi connectivity index (χ1) is 23.1. The minimum absolute atomic E-state index is 0.116. The molecule has 0 atom stereocenters. The van der Waals surface area contributed by atoms with Crippen molar-refractivity contribution < 1.29 is 48.5 Å². The van der Waals surface area contributed by atoms with Crippen molar-refractivity contribution in [3.05, 3.63) is 118 Å². The lowest BCUT2D eigenvalue weighted by Gasteiger charge is -2.14. The van der Waals surface area contributed by atoms with Crippen LogP contribution in [0.15, 0.2) is 106 Å². The predicted octanol–water partition coefficient (Wildman–Crippen LogP) is 3.67.